The fraction of sp³-hybridized carbons (Fsp3) is 0.500. The molecule has 2 aromatic rings. The molecule has 0 amide bonds. The van der Waals surface area contributed by atoms with Gasteiger partial charge in [-0.3, -0.25) is 0 Å². The number of anilines is 1. The van der Waals surface area contributed by atoms with Gasteiger partial charge >= 0.3 is 0 Å². The van der Waals surface area contributed by atoms with E-state index < -0.39 is 0 Å². The summed E-state index contributed by atoms with van der Waals surface area (Å²) in [5.41, 5.74) is 0.746. The monoisotopic (exact) mass is 310 g/mol. The minimum Gasteiger partial charge on any atom is -0.365 e. The van der Waals surface area contributed by atoms with Crippen LogP contribution in [-0.2, 0) is 12.0 Å². The smallest absolute Gasteiger partial charge is 0.137 e. The van der Waals surface area contributed by atoms with Crippen LogP contribution in [0.3, 0.4) is 0 Å². The van der Waals surface area contributed by atoms with Crippen molar-refractivity contribution in [1.29, 1.82) is 0 Å². The van der Waals surface area contributed by atoms with Crippen molar-refractivity contribution in [3.63, 3.8) is 0 Å². The number of hydrogen-bond acceptors (Lipinski definition) is 5. The maximum atomic E-state index is 6.21. The third-order valence-corrected chi connectivity index (χ3v) is 4.14. The quantitative estimate of drug-likeness (QED) is 0.867. The molecule has 0 fully saturated rings. The Hall–Kier alpha value is -1.20. The molecule has 0 aromatic carbocycles. The van der Waals surface area contributed by atoms with Gasteiger partial charge < -0.3 is 5.32 Å². The number of hydrogen-bond donors (Lipinski definition) is 1. The van der Waals surface area contributed by atoms with Gasteiger partial charge in [0.25, 0.3) is 0 Å². The SMILES string of the molecule is Cc1ncc(CNc2nc(C(C)(C)C)nc(Cl)c2C)s1. The second-order valence-corrected chi connectivity index (χ2v) is 7.44. The molecule has 108 valence electrons. The molecule has 2 rings (SSSR count). The van der Waals surface area contributed by atoms with Crippen molar-refractivity contribution < 1.29 is 0 Å². The lowest BCUT2D eigenvalue weighted by atomic mass is 9.95. The van der Waals surface area contributed by atoms with Crippen molar-refractivity contribution in [3.05, 3.63) is 32.6 Å². The van der Waals surface area contributed by atoms with Crippen LogP contribution in [0.2, 0.25) is 5.15 Å². The van der Waals surface area contributed by atoms with Crippen LogP contribution in [0.25, 0.3) is 0 Å². The lowest BCUT2D eigenvalue weighted by Gasteiger charge is -2.19. The molecular weight excluding hydrogens is 292 g/mol. The third kappa shape index (κ3) is 3.46. The van der Waals surface area contributed by atoms with Crippen molar-refractivity contribution in [1.82, 2.24) is 15.0 Å². The van der Waals surface area contributed by atoms with Crippen LogP contribution in [0.5, 0.6) is 0 Å². The first kappa shape index (κ1) is 15.2. The highest BCUT2D eigenvalue weighted by Gasteiger charge is 2.20. The molecule has 6 heteroatoms. The summed E-state index contributed by atoms with van der Waals surface area (Å²) in [6, 6.07) is 0. The maximum Gasteiger partial charge on any atom is 0.137 e. The molecule has 0 spiro atoms. The molecule has 20 heavy (non-hydrogen) atoms. The number of halogens is 1. The molecule has 0 aliphatic carbocycles. The molecule has 0 atom stereocenters. The number of nitrogens with zero attached hydrogens (tertiary/aromatic N) is 3. The largest absolute Gasteiger partial charge is 0.365 e. The first-order chi connectivity index (χ1) is 9.27. The highest BCUT2D eigenvalue weighted by molar-refractivity contribution is 7.11. The summed E-state index contributed by atoms with van der Waals surface area (Å²) in [5.74, 6) is 1.54. The predicted octanol–water partition coefficient (Wildman–Crippen LogP) is 4.11. The van der Waals surface area contributed by atoms with E-state index in [1.54, 1.807) is 11.3 Å². The predicted molar refractivity (Wildman–Crippen MR) is 84.7 cm³/mol. The van der Waals surface area contributed by atoms with E-state index >= 15 is 0 Å². The van der Waals surface area contributed by atoms with E-state index in [9.17, 15) is 0 Å². The molecule has 0 aliphatic rings. The van der Waals surface area contributed by atoms with E-state index in [0.717, 1.165) is 22.2 Å². The minimum atomic E-state index is -0.130. The highest BCUT2D eigenvalue weighted by atomic mass is 35.5. The topological polar surface area (TPSA) is 50.7 Å². The van der Waals surface area contributed by atoms with E-state index in [0.29, 0.717) is 11.7 Å². The molecule has 0 bridgehead atoms. The molecule has 2 heterocycles. The van der Waals surface area contributed by atoms with Gasteiger partial charge in [0.15, 0.2) is 0 Å². The van der Waals surface area contributed by atoms with Crippen LogP contribution in [-0.4, -0.2) is 15.0 Å². The number of nitrogens with one attached hydrogen (secondary N) is 1. The Balaban J connectivity index is 2.24. The summed E-state index contributed by atoms with van der Waals surface area (Å²) in [6.07, 6.45) is 1.88. The van der Waals surface area contributed by atoms with E-state index in [4.69, 9.17) is 11.6 Å². The number of aryl methyl sites for hydroxylation is 1. The van der Waals surface area contributed by atoms with Gasteiger partial charge in [-0.05, 0) is 13.8 Å². The first-order valence-corrected chi connectivity index (χ1v) is 7.66. The fourth-order valence-corrected chi connectivity index (χ4v) is 2.56. The number of rotatable bonds is 3. The fourth-order valence-electron chi connectivity index (χ4n) is 1.65. The Morgan fingerprint density at radius 2 is 1.95 bits per heavy atom. The normalized spacial score (nSPS) is 11.7. The zero-order chi connectivity index (χ0) is 14.9. The Morgan fingerprint density at radius 1 is 1.25 bits per heavy atom. The second-order valence-electron chi connectivity index (χ2n) is 5.76. The molecule has 0 aliphatic heterocycles. The van der Waals surface area contributed by atoms with Crippen LogP contribution in [0.1, 0.15) is 42.0 Å². The average molecular weight is 311 g/mol. The minimum absolute atomic E-state index is 0.130. The summed E-state index contributed by atoms with van der Waals surface area (Å²) < 4.78 is 0. The molecule has 1 N–H and O–H groups in total. The number of thiazole rings is 1. The molecule has 0 unspecified atom stereocenters. The van der Waals surface area contributed by atoms with Gasteiger partial charge in [-0.2, -0.15) is 0 Å². The summed E-state index contributed by atoms with van der Waals surface area (Å²) in [6.45, 7) is 10.8. The molecule has 0 saturated heterocycles. The Bertz CT molecular complexity index is 616. The molecule has 0 saturated carbocycles. The second kappa shape index (κ2) is 5.66. The standard InChI is InChI=1S/C14H19ClN4S/c1-8-11(15)18-13(14(3,4)5)19-12(8)17-7-10-6-16-9(2)20-10/h6H,7H2,1-5H3,(H,17,18,19). The van der Waals surface area contributed by atoms with Crippen LogP contribution in [0.15, 0.2) is 6.20 Å². The summed E-state index contributed by atoms with van der Waals surface area (Å²) in [7, 11) is 0. The Kier molecular flexibility index (Phi) is 4.30. The van der Waals surface area contributed by atoms with E-state index in [1.807, 2.05) is 20.0 Å². The van der Waals surface area contributed by atoms with Gasteiger partial charge in [-0.25, -0.2) is 15.0 Å². The first-order valence-electron chi connectivity index (χ1n) is 6.47. The summed E-state index contributed by atoms with van der Waals surface area (Å²) in [5, 5.41) is 4.90. The zero-order valence-electron chi connectivity index (χ0n) is 12.4. The summed E-state index contributed by atoms with van der Waals surface area (Å²) in [4.78, 5) is 14.4. The van der Waals surface area contributed by atoms with E-state index in [-0.39, 0.29) is 5.41 Å². The van der Waals surface area contributed by atoms with Crippen LogP contribution < -0.4 is 5.32 Å². The van der Waals surface area contributed by atoms with E-state index in [2.05, 4.69) is 41.0 Å². The van der Waals surface area contributed by atoms with Crippen LogP contribution in [0, 0.1) is 13.8 Å². The van der Waals surface area contributed by atoms with Crippen molar-refractivity contribution >= 4 is 28.8 Å². The van der Waals surface area contributed by atoms with Crippen molar-refractivity contribution in [2.45, 2.75) is 46.6 Å². The highest BCUT2D eigenvalue weighted by Crippen LogP contribution is 2.26. The molecular formula is C14H19ClN4S. The van der Waals surface area contributed by atoms with Gasteiger partial charge in [0, 0.05) is 22.1 Å². The van der Waals surface area contributed by atoms with Crippen LogP contribution >= 0.6 is 22.9 Å². The lowest BCUT2D eigenvalue weighted by molar-refractivity contribution is 0.545. The molecule has 0 radical (unpaired) electrons. The average Bonchev–Trinajstić information content (AvgIpc) is 2.75. The maximum absolute atomic E-state index is 6.21. The van der Waals surface area contributed by atoms with Gasteiger partial charge in [0.1, 0.15) is 16.8 Å². The van der Waals surface area contributed by atoms with Crippen molar-refractivity contribution in [2.24, 2.45) is 0 Å². The molecule has 2 aromatic heterocycles. The van der Waals surface area contributed by atoms with Gasteiger partial charge in [-0.1, -0.05) is 32.4 Å². The van der Waals surface area contributed by atoms with Crippen LogP contribution in [0.4, 0.5) is 5.82 Å². The van der Waals surface area contributed by atoms with Gasteiger partial charge in [0.05, 0.1) is 11.6 Å². The zero-order valence-corrected chi connectivity index (χ0v) is 14.0. The van der Waals surface area contributed by atoms with Crippen molar-refractivity contribution in [2.75, 3.05) is 5.32 Å². The number of aromatic nitrogens is 3. The summed E-state index contributed by atoms with van der Waals surface area (Å²) >= 11 is 7.89. The Morgan fingerprint density at radius 3 is 2.50 bits per heavy atom. The third-order valence-electron chi connectivity index (χ3n) is 2.86. The van der Waals surface area contributed by atoms with Crippen molar-refractivity contribution in [3.8, 4) is 0 Å². The lowest BCUT2D eigenvalue weighted by Crippen LogP contribution is -2.18. The van der Waals surface area contributed by atoms with Gasteiger partial charge in [0.2, 0.25) is 0 Å². The van der Waals surface area contributed by atoms with Gasteiger partial charge in [-0.15, -0.1) is 11.3 Å². The molecule has 4 nitrogen and oxygen atoms in total. The van der Waals surface area contributed by atoms with E-state index in [1.165, 1.54) is 4.88 Å². The Labute approximate surface area is 128 Å².